The Bertz CT molecular complexity index is 141. The maximum atomic E-state index is 5.82. The second-order valence-corrected chi connectivity index (χ2v) is 3.75. The summed E-state index contributed by atoms with van der Waals surface area (Å²) in [5.41, 5.74) is -0.239. The van der Waals surface area contributed by atoms with Crippen molar-refractivity contribution < 1.29 is 4.70 Å². The molecule has 0 bridgehead atoms. The Hall–Kier alpha value is -0.240. The second-order valence-electron chi connectivity index (χ2n) is 3.75. The number of rotatable bonds is 4. The van der Waals surface area contributed by atoms with Crippen LogP contribution < -0.4 is 23.4 Å². The van der Waals surface area contributed by atoms with Crippen LogP contribution in [0.5, 0.6) is 0 Å². The molecule has 0 heterocycles. The Morgan fingerprint density at radius 2 is 1.67 bits per heavy atom. The summed E-state index contributed by atoms with van der Waals surface area (Å²) in [7, 11) is 0. The molecule has 0 aromatic heterocycles. The van der Waals surface area contributed by atoms with Crippen molar-refractivity contribution in [2.75, 3.05) is 6.67 Å². The molecule has 0 aromatic carbocycles. The molecule has 0 amide bonds. The Balaban J connectivity index is 4.37. The summed E-state index contributed by atoms with van der Waals surface area (Å²) in [4.78, 5) is 0. The summed E-state index contributed by atoms with van der Waals surface area (Å²) in [6.07, 6.45) is 0.855. The molecule has 0 atom stereocenters. The number of nitrogens with two attached hydrogens (primary N) is 4. The molecule has 12 heavy (non-hydrogen) atoms. The minimum atomic E-state index is -0.239. The molecule has 0 radical (unpaired) electrons. The predicted octanol–water partition coefficient (Wildman–Crippen LogP) is -1.25. The number of nitrogens with zero attached hydrogens (tertiary/aromatic N) is 2. The quantitative estimate of drug-likeness (QED) is 0.186. The largest absolute Gasteiger partial charge is 0.250 e. The van der Waals surface area contributed by atoms with Gasteiger partial charge >= 0.3 is 0 Å². The van der Waals surface area contributed by atoms with Crippen molar-refractivity contribution in [3.05, 3.63) is 0 Å². The van der Waals surface area contributed by atoms with Gasteiger partial charge in [0.25, 0.3) is 0 Å². The molecule has 74 valence electrons. The number of hydrogen-bond donors (Lipinski definition) is 4. The fraction of sp³-hybridized carbons (Fsp3) is 1.00. The van der Waals surface area contributed by atoms with Crippen LogP contribution in [0, 0.1) is 0 Å². The number of hydrogen-bond acceptors (Lipinski definition) is 5. The third-order valence-corrected chi connectivity index (χ3v) is 2.39. The maximum absolute atomic E-state index is 5.82. The molecule has 0 aliphatic heterocycles. The molecule has 6 heteroatoms. The van der Waals surface area contributed by atoms with Gasteiger partial charge in [-0.05, 0) is 13.8 Å². The normalized spacial score (nSPS) is 14.0. The van der Waals surface area contributed by atoms with E-state index in [0.29, 0.717) is 0 Å². The molecule has 0 saturated heterocycles. The standard InChI is InChI=1S/C6H21N6/c1-4-6(2,3)12(9,10)5-11(7)8/h4-5,7-10H2,1-3H3/q+1. The van der Waals surface area contributed by atoms with Crippen molar-refractivity contribution in [1.29, 1.82) is 0 Å². The fourth-order valence-corrected chi connectivity index (χ4v) is 0.756. The zero-order chi connectivity index (χ0) is 9.99. The first-order valence-corrected chi connectivity index (χ1v) is 3.95. The van der Waals surface area contributed by atoms with E-state index in [0.717, 1.165) is 11.5 Å². The molecule has 0 aliphatic rings. The molecule has 6 nitrogen and oxygen atoms in total. The molecule has 0 spiro atoms. The summed E-state index contributed by atoms with van der Waals surface area (Å²) >= 11 is 0. The van der Waals surface area contributed by atoms with Crippen molar-refractivity contribution in [3.8, 4) is 0 Å². The third kappa shape index (κ3) is 2.67. The Morgan fingerprint density at radius 1 is 1.25 bits per heavy atom. The average Bonchev–Trinajstić information content (AvgIpc) is 1.84. The summed E-state index contributed by atoms with van der Waals surface area (Å²) in [6, 6.07) is 0. The van der Waals surface area contributed by atoms with Gasteiger partial charge in [0, 0.05) is 6.42 Å². The lowest BCUT2D eigenvalue weighted by molar-refractivity contribution is -1.00. The molecule has 0 rings (SSSR count). The number of hydrazine groups is 2. The molecule has 0 aliphatic carbocycles. The maximum Gasteiger partial charge on any atom is 0.196 e. The minimum Gasteiger partial charge on any atom is -0.250 e. The summed E-state index contributed by atoms with van der Waals surface area (Å²) < 4.78 is -0.198. The number of quaternary nitrogens is 1. The molecular weight excluding hydrogens is 156 g/mol. The van der Waals surface area contributed by atoms with Gasteiger partial charge in [0.05, 0.1) is 0 Å². The first-order valence-electron chi connectivity index (χ1n) is 3.95. The zero-order valence-electron chi connectivity index (χ0n) is 8.12. The van der Waals surface area contributed by atoms with Crippen molar-refractivity contribution in [2.24, 2.45) is 23.4 Å². The first-order chi connectivity index (χ1) is 5.23. The molecular formula is C6H21N6+. The lowest BCUT2D eigenvalue weighted by Gasteiger charge is -2.41. The summed E-state index contributed by atoms with van der Waals surface area (Å²) in [5.74, 6) is 22.2. The van der Waals surface area contributed by atoms with Gasteiger partial charge in [0.15, 0.2) is 6.67 Å². The van der Waals surface area contributed by atoms with Gasteiger partial charge in [-0.3, -0.25) is 11.7 Å². The van der Waals surface area contributed by atoms with E-state index in [9.17, 15) is 0 Å². The molecule has 0 saturated carbocycles. The van der Waals surface area contributed by atoms with E-state index in [1.165, 1.54) is 0 Å². The third-order valence-electron chi connectivity index (χ3n) is 2.39. The van der Waals surface area contributed by atoms with Gasteiger partial charge in [0.2, 0.25) is 0 Å². The Morgan fingerprint density at radius 3 is 1.92 bits per heavy atom. The van der Waals surface area contributed by atoms with E-state index in [1.807, 2.05) is 20.8 Å². The van der Waals surface area contributed by atoms with E-state index in [4.69, 9.17) is 23.4 Å². The van der Waals surface area contributed by atoms with Crippen LogP contribution in [0.4, 0.5) is 0 Å². The van der Waals surface area contributed by atoms with Crippen LogP contribution in [0.2, 0.25) is 0 Å². The highest BCUT2D eigenvalue weighted by Crippen LogP contribution is 2.18. The lowest BCUT2D eigenvalue weighted by atomic mass is 10.0. The van der Waals surface area contributed by atoms with Gasteiger partial charge < -0.3 is 0 Å². The van der Waals surface area contributed by atoms with Crippen LogP contribution in [-0.4, -0.2) is 22.0 Å². The van der Waals surface area contributed by atoms with Crippen LogP contribution in [0.25, 0.3) is 0 Å². The van der Waals surface area contributed by atoms with E-state index >= 15 is 0 Å². The van der Waals surface area contributed by atoms with Gasteiger partial charge in [-0.2, -0.15) is 16.4 Å². The van der Waals surface area contributed by atoms with Gasteiger partial charge in [0.1, 0.15) is 5.54 Å². The molecule has 0 fully saturated rings. The Kier molecular flexibility index (Phi) is 3.58. The van der Waals surface area contributed by atoms with E-state index in [-0.39, 0.29) is 16.9 Å². The highest BCUT2D eigenvalue weighted by atomic mass is 15.8. The van der Waals surface area contributed by atoms with Gasteiger partial charge in [-0.1, -0.05) is 6.92 Å². The van der Waals surface area contributed by atoms with Crippen LogP contribution in [0.3, 0.4) is 0 Å². The van der Waals surface area contributed by atoms with Crippen LogP contribution in [0.1, 0.15) is 27.2 Å². The minimum absolute atomic E-state index is 0.198. The average molecular weight is 177 g/mol. The van der Waals surface area contributed by atoms with Crippen LogP contribution in [-0.2, 0) is 0 Å². The van der Waals surface area contributed by atoms with E-state index in [1.54, 1.807) is 0 Å². The summed E-state index contributed by atoms with van der Waals surface area (Å²) in [6.45, 7) is 6.16. The van der Waals surface area contributed by atoms with Crippen molar-refractivity contribution in [2.45, 2.75) is 32.7 Å². The molecule has 8 N–H and O–H groups in total. The van der Waals surface area contributed by atoms with Crippen LogP contribution >= 0.6 is 0 Å². The zero-order valence-corrected chi connectivity index (χ0v) is 8.12. The summed E-state index contributed by atoms with van der Waals surface area (Å²) in [5, 5.41) is 0.997. The second kappa shape index (κ2) is 3.65. The highest BCUT2D eigenvalue weighted by Gasteiger charge is 2.38. The SMILES string of the molecule is CCC(C)(C)[N+](N)(N)CN(N)N. The van der Waals surface area contributed by atoms with E-state index < -0.39 is 0 Å². The van der Waals surface area contributed by atoms with Crippen LogP contribution in [0.15, 0.2) is 0 Å². The van der Waals surface area contributed by atoms with Crippen molar-refractivity contribution >= 4 is 0 Å². The van der Waals surface area contributed by atoms with Gasteiger partial charge in [-0.25, -0.2) is 0 Å². The topological polar surface area (TPSA) is 107 Å². The monoisotopic (exact) mass is 177 g/mol. The highest BCUT2D eigenvalue weighted by molar-refractivity contribution is 4.64. The van der Waals surface area contributed by atoms with Gasteiger partial charge in [-0.15, -0.1) is 5.12 Å². The molecule has 0 aromatic rings. The smallest absolute Gasteiger partial charge is 0.196 e. The van der Waals surface area contributed by atoms with Crippen molar-refractivity contribution in [3.63, 3.8) is 0 Å². The predicted molar refractivity (Wildman–Crippen MR) is 48.1 cm³/mol. The first kappa shape index (κ1) is 11.8. The Labute approximate surface area is 73.5 Å². The lowest BCUT2D eigenvalue weighted by Crippen LogP contribution is -2.75. The fourth-order valence-electron chi connectivity index (χ4n) is 0.756. The van der Waals surface area contributed by atoms with E-state index in [2.05, 4.69) is 0 Å². The molecule has 0 unspecified atom stereocenters. The van der Waals surface area contributed by atoms with Crippen molar-refractivity contribution in [1.82, 2.24) is 5.12 Å².